The van der Waals surface area contributed by atoms with Gasteiger partial charge in [-0.2, -0.15) is 0 Å². The SMILES string of the molecule is CCCCCCCCCCCO/N=C/[C@@H](NC(=O)[C@H](Cc1ccc(O)cc1)NC(=O)[C@@H](N)C(C)C)[C@@H](C)CC.Cl. The molecular weight excluding hydrogens is 528 g/mol. The second-order valence-electron chi connectivity index (χ2n) is 11.0. The predicted octanol–water partition coefficient (Wildman–Crippen LogP) is 5.89. The number of phenols is 1. The van der Waals surface area contributed by atoms with Crippen LogP contribution < -0.4 is 16.4 Å². The van der Waals surface area contributed by atoms with Crippen molar-refractivity contribution in [1.29, 1.82) is 0 Å². The van der Waals surface area contributed by atoms with Gasteiger partial charge in [0.1, 0.15) is 18.4 Å². The number of hydrogen-bond acceptors (Lipinski definition) is 6. The van der Waals surface area contributed by atoms with E-state index in [9.17, 15) is 14.7 Å². The lowest BCUT2D eigenvalue weighted by Gasteiger charge is -2.26. The van der Waals surface area contributed by atoms with E-state index in [4.69, 9.17) is 10.6 Å². The third kappa shape index (κ3) is 16.1. The molecule has 5 N–H and O–H groups in total. The predicted molar refractivity (Wildman–Crippen MR) is 167 cm³/mol. The van der Waals surface area contributed by atoms with Gasteiger partial charge in [0.25, 0.3) is 0 Å². The number of rotatable bonds is 21. The maximum atomic E-state index is 13.4. The van der Waals surface area contributed by atoms with Crippen LogP contribution in [0.2, 0.25) is 0 Å². The molecule has 0 aliphatic rings. The van der Waals surface area contributed by atoms with E-state index >= 15 is 0 Å². The second kappa shape index (κ2) is 22.4. The summed E-state index contributed by atoms with van der Waals surface area (Å²) in [7, 11) is 0. The van der Waals surface area contributed by atoms with Gasteiger partial charge in [-0.05, 0) is 42.4 Å². The van der Waals surface area contributed by atoms with E-state index in [1.807, 2.05) is 20.8 Å². The van der Waals surface area contributed by atoms with Crippen molar-refractivity contribution in [2.75, 3.05) is 6.61 Å². The van der Waals surface area contributed by atoms with Gasteiger partial charge in [-0.1, -0.05) is 103 Å². The number of amides is 2. The summed E-state index contributed by atoms with van der Waals surface area (Å²) >= 11 is 0. The van der Waals surface area contributed by atoms with Crippen LogP contribution >= 0.6 is 12.4 Å². The average Bonchev–Trinajstić information content (AvgIpc) is 2.92. The van der Waals surface area contributed by atoms with E-state index in [1.165, 1.54) is 44.9 Å². The summed E-state index contributed by atoms with van der Waals surface area (Å²) in [5.74, 6) is -0.492. The molecule has 0 fully saturated rings. The number of hydrogen-bond donors (Lipinski definition) is 4. The van der Waals surface area contributed by atoms with Crippen molar-refractivity contribution in [3.63, 3.8) is 0 Å². The van der Waals surface area contributed by atoms with Crippen LogP contribution in [0.25, 0.3) is 0 Å². The number of nitrogens with one attached hydrogen (secondary N) is 2. The molecule has 0 radical (unpaired) electrons. The highest BCUT2D eigenvalue weighted by atomic mass is 35.5. The fourth-order valence-corrected chi connectivity index (χ4v) is 4.13. The van der Waals surface area contributed by atoms with Crippen molar-refractivity contribution in [2.24, 2.45) is 22.7 Å². The van der Waals surface area contributed by atoms with Gasteiger partial charge in [0.05, 0.1) is 18.3 Å². The van der Waals surface area contributed by atoms with Gasteiger partial charge in [0.2, 0.25) is 11.8 Å². The van der Waals surface area contributed by atoms with Crippen LogP contribution in [0.4, 0.5) is 0 Å². The molecule has 1 aromatic carbocycles. The Hall–Kier alpha value is -2.32. The van der Waals surface area contributed by atoms with Gasteiger partial charge in [0.15, 0.2) is 0 Å². The Morgan fingerprint density at radius 2 is 1.50 bits per heavy atom. The molecule has 9 heteroatoms. The first-order valence-electron chi connectivity index (χ1n) is 15.0. The molecule has 8 nitrogen and oxygen atoms in total. The number of carbonyl (C=O) groups excluding carboxylic acids is 2. The Labute approximate surface area is 248 Å². The standard InChI is InChI=1S/C31H54N4O4.ClH/c1-6-8-9-10-11-12-13-14-15-20-39-33-22-28(24(5)7-2)35-30(37)27(34-31(38)29(32)23(3)4)21-25-16-18-26(36)19-17-25;/h16-19,22-24,27-29,36H,6-15,20-21,32H2,1-5H3,(H,34,38)(H,35,37);1H/b33-22+;/t24-,27-,28+,29-;/m0./s1. The van der Waals surface area contributed by atoms with Crippen molar-refractivity contribution in [3.05, 3.63) is 29.8 Å². The molecule has 2 amide bonds. The molecule has 1 rings (SSSR count). The van der Waals surface area contributed by atoms with E-state index in [2.05, 4.69) is 29.6 Å². The monoisotopic (exact) mass is 582 g/mol. The Morgan fingerprint density at radius 1 is 0.925 bits per heavy atom. The molecule has 0 saturated carbocycles. The quantitative estimate of drug-likeness (QED) is 0.0817. The molecule has 0 aliphatic carbocycles. The number of halogens is 1. The van der Waals surface area contributed by atoms with Crippen molar-refractivity contribution in [3.8, 4) is 5.75 Å². The zero-order valence-corrected chi connectivity index (χ0v) is 26.2. The Bertz CT molecular complexity index is 835. The van der Waals surface area contributed by atoms with Crippen LogP contribution in [0.15, 0.2) is 29.4 Å². The molecule has 4 atom stereocenters. The van der Waals surface area contributed by atoms with Crippen LogP contribution in [0.3, 0.4) is 0 Å². The van der Waals surface area contributed by atoms with E-state index in [1.54, 1.807) is 30.5 Å². The lowest BCUT2D eigenvalue weighted by molar-refractivity contribution is -0.130. The summed E-state index contributed by atoms with van der Waals surface area (Å²) in [6, 6.07) is 4.70. The van der Waals surface area contributed by atoms with E-state index in [0.717, 1.165) is 24.8 Å². The first-order valence-corrected chi connectivity index (χ1v) is 15.0. The Balaban J connectivity index is 0.0000152. The average molecular weight is 583 g/mol. The maximum Gasteiger partial charge on any atom is 0.243 e. The molecule has 0 heterocycles. The topological polar surface area (TPSA) is 126 Å². The van der Waals surface area contributed by atoms with E-state index in [-0.39, 0.29) is 54.3 Å². The highest BCUT2D eigenvalue weighted by Crippen LogP contribution is 2.13. The van der Waals surface area contributed by atoms with Gasteiger partial charge >= 0.3 is 0 Å². The third-order valence-electron chi connectivity index (χ3n) is 7.23. The highest BCUT2D eigenvalue weighted by molar-refractivity contribution is 5.91. The summed E-state index contributed by atoms with van der Waals surface area (Å²) in [6.07, 6.45) is 14.0. The summed E-state index contributed by atoms with van der Waals surface area (Å²) < 4.78 is 0. The molecule has 0 aromatic heterocycles. The molecule has 0 bridgehead atoms. The van der Waals surface area contributed by atoms with Crippen molar-refractivity contribution in [1.82, 2.24) is 10.6 Å². The van der Waals surface area contributed by atoms with Crippen molar-refractivity contribution >= 4 is 30.4 Å². The number of phenolic OH excluding ortho intramolecular Hbond substituents is 1. The third-order valence-corrected chi connectivity index (χ3v) is 7.23. The van der Waals surface area contributed by atoms with Crippen LogP contribution in [0, 0.1) is 11.8 Å². The summed E-state index contributed by atoms with van der Waals surface area (Å²) in [6.45, 7) is 10.6. The molecule has 0 spiro atoms. The number of unbranched alkanes of at least 4 members (excludes halogenated alkanes) is 8. The van der Waals surface area contributed by atoms with Crippen LogP contribution in [0.1, 0.15) is 104 Å². The molecule has 0 aliphatic heterocycles. The van der Waals surface area contributed by atoms with Crippen molar-refractivity contribution in [2.45, 2.75) is 123 Å². The number of aromatic hydroxyl groups is 1. The fraction of sp³-hybridized carbons (Fsp3) is 0.710. The first-order chi connectivity index (χ1) is 18.7. The number of nitrogens with two attached hydrogens (primary N) is 1. The van der Waals surface area contributed by atoms with Crippen molar-refractivity contribution < 1.29 is 19.5 Å². The second-order valence-corrected chi connectivity index (χ2v) is 11.0. The Kier molecular flexibility index (Phi) is 21.1. The zero-order chi connectivity index (χ0) is 29.0. The molecule has 0 unspecified atom stereocenters. The molecule has 230 valence electrons. The van der Waals surface area contributed by atoms with Gasteiger partial charge in [-0.3, -0.25) is 9.59 Å². The van der Waals surface area contributed by atoms with Gasteiger partial charge in [-0.25, -0.2) is 0 Å². The largest absolute Gasteiger partial charge is 0.508 e. The first kappa shape index (κ1) is 37.7. The minimum Gasteiger partial charge on any atom is -0.508 e. The Morgan fingerprint density at radius 3 is 2.05 bits per heavy atom. The number of benzene rings is 1. The summed E-state index contributed by atoms with van der Waals surface area (Å²) in [5, 5.41) is 19.6. The minimum atomic E-state index is -0.824. The zero-order valence-electron chi connectivity index (χ0n) is 25.4. The van der Waals surface area contributed by atoms with E-state index < -0.39 is 12.1 Å². The summed E-state index contributed by atoms with van der Waals surface area (Å²) in [4.78, 5) is 31.6. The number of carbonyl (C=O) groups is 2. The molecule has 1 aromatic rings. The molecule has 40 heavy (non-hydrogen) atoms. The van der Waals surface area contributed by atoms with Gasteiger partial charge < -0.3 is 26.3 Å². The lowest BCUT2D eigenvalue weighted by Crippen LogP contribution is -2.56. The minimum absolute atomic E-state index is 0. The summed E-state index contributed by atoms with van der Waals surface area (Å²) in [5.41, 5.74) is 6.84. The van der Waals surface area contributed by atoms with Crippen LogP contribution in [-0.2, 0) is 20.8 Å². The molecular formula is C31H55ClN4O4. The van der Waals surface area contributed by atoms with Crippen LogP contribution in [-0.4, -0.2) is 47.9 Å². The van der Waals surface area contributed by atoms with E-state index in [0.29, 0.717) is 6.61 Å². The lowest BCUT2D eigenvalue weighted by atomic mass is 9.98. The maximum absolute atomic E-state index is 13.4. The van der Waals surface area contributed by atoms with Crippen LogP contribution in [0.5, 0.6) is 5.75 Å². The number of nitrogens with zero attached hydrogens (tertiary/aromatic N) is 1. The molecule has 0 saturated heterocycles. The van der Waals surface area contributed by atoms with Gasteiger partial charge in [0, 0.05) is 6.42 Å². The van der Waals surface area contributed by atoms with Gasteiger partial charge in [-0.15, -0.1) is 12.4 Å². The smallest absolute Gasteiger partial charge is 0.243 e. The fourth-order valence-electron chi connectivity index (χ4n) is 4.13. The highest BCUT2D eigenvalue weighted by Gasteiger charge is 2.28. The number of oxime groups is 1. The normalized spacial score (nSPS) is 14.3.